The first kappa shape index (κ1) is 15.9. The second-order valence-corrected chi connectivity index (χ2v) is 8.00. The van der Waals surface area contributed by atoms with E-state index in [1.165, 1.54) is 0 Å². The molecule has 2 aliphatic rings. The summed E-state index contributed by atoms with van der Waals surface area (Å²) >= 11 is 0. The molecule has 4 aromatic rings. The van der Waals surface area contributed by atoms with Crippen LogP contribution in [0.5, 0.6) is 0 Å². The van der Waals surface area contributed by atoms with E-state index < -0.39 is 0 Å². The summed E-state index contributed by atoms with van der Waals surface area (Å²) in [4.78, 5) is 13.5. The molecule has 8 nitrogen and oxygen atoms in total. The van der Waals surface area contributed by atoms with Crippen molar-refractivity contribution in [3.8, 4) is 11.6 Å². The number of oxazole rings is 2. The molecule has 28 heavy (non-hydrogen) atoms. The molecule has 2 aliphatic heterocycles. The normalized spacial score (nSPS) is 15.0. The molecule has 1 atom stereocenters. The van der Waals surface area contributed by atoms with Crippen LogP contribution in [-0.4, -0.2) is 29.3 Å². The van der Waals surface area contributed by atoms with Crippen molar-refractivity contribution in [3.05, 3.63) is 59.0 Å². The molecule has 1 unspecified atom stereocenters. The van der Waals surface area contributed by atoms with Gasteiger partial charge in [0, 0.05) is 24.5 Å². The highest BCUT2D eigenvalue weighted by atomic mass is 16.4. The summed E-state index contributed by atoms with van der Waals surface area (Å²) < 4.78 is 15.8. The van der Waals surface area contributed by atoms with Crippen LogP contribution in [0.15, 0.2) is 27.4 Å². The van der Waals surface area contributed by atoms with E-state index in [0.29, 0.717) is 0 Å². The average Bonchev–Trinajstić information content (AvgIpc) is 3.40. The lowest BCUT2D eigenvalue weighted by Gasteiger charge is -2.05. The van der Waals surface area contributed by atoms with E-state index in [2.05, 4.69) is 36.8 Å². The number of hydrogen-bond donors (Lipinski definition) is 0. The predicted molar refractivity (Wildman–Crippen MR) is 99.1 cm³/mol. The Labute approximate surface area is 161 Å². The van der Waals surface area contributed by atoms with E-state index in [1.54, 1.807) is 6.33 Å². The minimum Gasteiger partial charge on any atom is -0.443 e. The third-order valence-corrected chi connectivity index (χ3v) is 5.48. The first-order chi connectivity index (χ1) is 13.6. The summed E-state index contributed by atoms with van der Waals surface area (Å²) in [5.41, 5.74) is 3.26. The van der Waals surface area contributed by atoms with Crippen LogP contribution in [0.1, 0.15) is 73.0 Å². The number of nitrogens with zero attached hydrogens (tertiary/aromatic N) is 6. The summed E-state index contributed by atoms with van der Waals surface area (Å²) in [5.74, 6) is 5.46. The van der Waals surface area contributed by atoms with Crippen molar-refractivity contribution in [2.45, 2.75) is 51.9 Å². The van der Waals surface area contributed by atoms with Gasteiger partial charge in [0.05, 0.1) is 29.9 Å². The Balaban J connectivity index is 1.25. The Bertz CT molecular complexity index is 1210. The van der Waals surface area contributed by atoms with Crippen molar-refractivity contribution in [1.82, 2.24) is 29.3 Å². The highest BCUT2D eigenvalue weighted by molar-refractivity contribution is 5.41. The van der Waals surface area contributed by atoms with Crippen LogP contribution >= 0.6 is 0 Å². The number of rotatable bonds is 4. The van der Waals surface area contributed by atoms with Crippen LogP contribution in [0.25, 0.3) is 11.6 Å². The highest BCUT2D eigenvalue weighted by Gasteiger charge is 2.30. The van der Waals surface area contributed by atoms with Crippen LogP contribution in [0.2, 0.25) is 0 Å². The zero-order valence-electron chi connectivity index (χ0n) is 16.0. The maximum absolute atomic E-state index is 6.04. The average molecular weight is 376 g/mol. The number of fused-ring (bicyclic) bond motifs is 6. The molecule has 6 heterocycles. The van der Waals surface area contributed by atoms with E-state index in [-0.39, 0.29) is 11.8 Å². The summed E-state index contributed by atoms with van der Waals surface area (Å²) in [6, 6.07) is 2.13. The molecule has 0 saturated heterocycles. The molecule has 142 valence electrons. The molecule has 0 amide bonds. The van der Waals surface area contributed by atoms with Gasteiger partial charge in [-0.2, -0.15) is 15.1 Å². The van der Waals surface area contributed by atoms with Crippen LogP contribution in [-0.2, 0) is 19.3 Å². The summed E-state index contributed by atoms with van der Waals surface area (Å²) in [6.45, 7) is 6.29. The second-order valence-electron chi connectivity index (χ2n) is 8.00. The lowest BCUT2D eigenvalue weighted by atomic mass is 10.1. The van der Waals surface area contributed by atoms with Gasteiger partial charge >= 0.3 is 0 Å². The molecule has 0 saturated carbocycles. The topological polar surface area (TPSA) is 87.7 Å². The minimum atomic E-state index is 0.135. The molecule has 6 rings (SSSR count). The van der Waals surface area contributed by atoms with Crippen molar-refractivity contribution in [1.29, 1.82) is 0 Å². The number of imidazole rings is 1. The summed E-state index contributed by atoms with van der Waals surface area (Å²) in [6.07, 6.45) is 5.91. The molecule has 0 spiro atoms. The minimum absolute atomic E-state index is 0.135. The standard InChI is InChI=1S/C20H20N6O2/c1-10(2)19-23-18-16(27-19)6-13-5-12(24-26(13)18)4-11(3)20-22-17-15(28-20)7-14-8-21-9-25(14)17/h5,8-11H,4,6-7H2,1-3H3. The third-order valence-electron chi connectivity index (χ3n) is 5.48. The fourth-order valence-corrected chi connectivity index (χ4v) is 4.02. The molecule has 0 aromatic carbocycles. The van der Waals surface area contributed by atoms with Gasteiger partial charge in [-0.25, -0.2) is 9.67 Å². The quantitative estimate of drug-likeness (QED) is 0.469. The maximum Gasteiger partial charge on any atom is 0.199 e. The van der Waals surface area contributed by atoms with Crippen LogP contribution in [0.3, 0.4) is 0 Å². The maximum atomic E-state index is 6.04. The van der Waals surface area contributed by atoms with Crippen molar-refractivity contribution >= 4 is 0 Å². The Morgan fingerprint density at radius 2 is 1.75 bits per heavy atom. The van der Waals surface area contributed by atoms with Gasteiger partial charge in [0.15, 0.2) is 34.9 Å². The van der Waals surface area contributed by atoms with Gasteiger partial charge in [0.25, 0.3) is 0 Å². The monoisotopic (exact) mass is 376 g/mol. The smallest absolute Gasteiger partial charge is 0.199 e. The predicted octanol–water partition coefficient (Wildman–Crippen LogP) is 3.31. The Kier molecular flexibility index (Phi) is 3.08. The molecule has 0 aliphatic carbocycles. The van der Waals surface area contributed by atoms with E-state index in [9.17, 15) is 0 Å². The zero-order valence-corrected chi connectivity index (χ0v) is 16.0. The lowest BCUT2D eigenvalue weighted by Crippen LogP contribution is -2.03. The molecule has 8 heteroatoms. The SMILES string of the molecule is CC(C)c1nc2c(o1)Cc1cc(CC(C)c3nc4c(o3)Cc3cncn3-4)nn1-2. The van der Waals surface area contributed by atoms with Gasteiger partial charge in [-0.15, -0.1) is 0 Å². The van der Waals surface area contributed by atoms with Gasteiger partial charge in [0.2, 0.25) is 0 Å². The van der Waals surface area contributed by atoms with E-state index >= 15 is 0 Å². The first-order valence-electron chi connectivity index (χ1n) is 9.65. The Hall–Kier alpha value is -3.16. The summed E-state index contributed by atoms with van der Waals surface area (Å²) in [7, 11) is 0. The van der Waals surface area contributed by atoms with E-state index in [1.807, 2.05) is 15.4 Å². The molecule has 4 aromatic heterocycles. The summed E-state index contributed by atoms with van der Waals surface area (Å²) in [5, 5.41) is 4.77. The van der Waals surface area contributed by atoms with Crippen molar-refractivity contribution in [3.63, 3.8) is 0 Å². The molecular formula is C20H20N6O2. The van der Waals surface area contributed by atoms with Gasteiger partial charge in [-0.1, -0.05) is 20.8 Å². The second kappa shape index (κ2) is 5.43. The number of hydrogen-bond acceptors (Lipinski definition) is 6. The van der Waals surface area contributed by atoms with Gasteiger partial charge in [-0.3, -0.25) is 4.57 Å². The molecule has 0 fully saturated rings. The van der Waals surface area contributed by atoms with Crippen molar-refractivity contribution < 1.29 is 8.83 Å². The molecule has 0 radical (unpaired) electrons. The lowest BCUT2D eigenvalue weighted by molar-refractivity contribution is 0.430. The molecule has 0 N–H and O–H groups in total. The van der Waals surface area contributed by atoms with Gasteiger partial charge < -0.3 is 8.83 Å². The van der Waals surface area contributed by atoms with Gasteiger partial charge in [-0.05, 0) is 6.07 Å². The van der Waals surface area contributed by atoms with Crippen molar-refractivity contribution in [2.75, 3.05) is 0 Å². The van der Waals surface area contributed by atoms with E-state index in [4.69, 9.17) is 18.9 Å². The van der Waals surface area contributed by atoms with E-state index in [0.717, 1.165) is 71.3 Å². The largest absolute Gasteiger partial charge is 0.443 e. The zero-order chi connectivity index (χ0) is 19.0. The fourth-order valence-electron chi connectivity index (χ4n) is 4.02. The van der Waals surface area contributed by atoms with Gasteiger partial charge in [0.1, 0.15) is 6.33 Å². The molecular weight excluding hydrogens is 356 g/mol. The van der Waals surface area contributed by atoms with Crippen molar-refractivity contribution in [2.24, 2.45) is 0 Å². The van der Waals surface area contributed by atoms with Crippen LogP contribution < -0.4 is 0 Å². The Morgan fingerprint density at radius 1 is 1.00 bits per heavy atom. The molecule has 0 bridgehead atoms. The fraction of sp³-hybridized carbons (Fsp3) is 0.400. The number of aromatic nitrogens is 6. The first-order valence-corrected chi connectivity index (χ1v) is 9.65. The third kappa shape index (κ3) is 2.17. The van der Waals surface area contributed by atoms with Crippen LogP contribution in [0, 0.1) is 0 Å². The Morgan fingerprint density at radius 3 is 2.61 bits per heavy atom. The van der Waals surface area contributed by atoms with Crippen LogP contribution in [0.4, 0.5) is 0 Å². The highest BCUT2D eigenvalue weighted by Crippen LogP contribution is 2.33.